The number of benzene rings is 1. The average Bonchev–Trinajstić information content (AvgIpc) is 2.69. The number of nitrogens with zero attached hydrogens (tertiary/aromatic N) is 3. The number of rotatable bonds is 2. The molecule has 2 aromatic rings. The number of aromatic nitrogens is 2. The first-order chi connectivity index (χ1) is 10.1. The topological polar surface area (TPSA) is 92.3 Å². The Labute approximate surface area is 122 Å². The van der Waals surface area contributed by atoms with Crippen molar-refractivity contribution in [3.63, 3.8) is 0 Å². The Morgan fingerprint density at radius 1 is 1.24 bits per heavy atom. The Kier molecular flexibility index (Phi) is 3.70. The van der Waals surface area contributed by atoms with Crippen LogP contribution in [0.2, 0.25) is 0 Å². The summed E-state index contributed by atoms with van der Waals surface area (Å²) in [6, 6.07) is 7.59. The van der Waals surface area contributed by atoms with E-state index in [-0.39, 0.29) is 6.04 Å². The van der Waals surface area contributed by atoms with Crippen LogP contribution < -0.4 is 10.6 Å². The average molecular weight is 286 g/mol. The number of anilines is 1. The van der Waals surface area contributed by atoms with Crippen molar-refractivity contribution in [2.24, 2.45) is 11.7 Å². The van der Waals surface area contributed by atoms with Gasteiger partial charge in [-0.3, -0.25) is 9.78 Å². The maximum atomic E-state index is 11.3. The maximum absolute atomic E-state index is 11.3. The molecule has 1 fully saturated rings. The van der Waals surface area contributed by atoms with Gasteiger partial charge in [0.25, 0.3) is 0 Å². The molecule has 21 heavy (non-hydrogen) atoms. The van der Waals surface area contributed by atoms with E-state index in [1.54, 1.807) is 6.20 Å². The summed E-state index contributed by atoms with van der Waals surface area (Å²) >= 11 is 0. The number of hydrogen-bond donors (Lipinski definition) is 2. The quantitative estimate of drug-likeness (QED) is 0.863. The van der Waals surface area contributed by atoms with E-state index >= 15 is 0 Å². The molecule has 1 aliphatic rings. The van der Waals surface area contributed by atoms with E-state index in [9.17, 15) is 9.90 Å². The van der Waals surface area contributed by atoms with Gasteiger partial charge in [0.05, 0.1) is 23.1 Å². The molecule has 6 heteroatoms. The molecule has 0 saturated carbocycles. The van der Waals surface area contributed by atoms with E-state index in [1.807, 2.05) is 29.2 Å². The lowest BCUT2D eigenvalue weighted by Gasteiger charge is -2.25. The molecule has 3 N–H and O–H groups in total. The van der Waals surface area contributed by atoms with Crippen molar-refractivity contribution < 1.29 is 9.90 Å². The molecule has 0 aliphatic carbocycles. The van der Waals surface area contributed by atoms with Gasteiger partial charge < -0.3 is 15.7 Å². The minimum Gasteiger partial charge on any atom is -0.481 e. The third-order valence-electron chi connectivity index (χ3n) is 3.89. The van der Waals surface area contributed by atoms with Gasteiger partial charge in [0, 0.05) is 19.1 Å². The molecule has 0 radical (unpaired) electrons. The molecule has 0 amide bonds. The third kappa shape index (κ3) is 2.95. The van der Waals surface area contributed by atoms with Crippen LogP contribution in [0.25, 0.3) is 11.0 Å². The molecule has 2 atom stereocenters. The van der Waals surface area contributed by atoms with Gasteiger partial charge in [-0.05, 0) is 25.0 Å². The van der Waals surface area contributed by atoms with Crippen molar-refractivity contribution in [1.29, 1.82) is 0 Å². The number of nitrogens with two attached hydrogens (primary N) is 1. The number of aliphatic carboxylic acids is 1. The van der Waals surface area contributed by atoms with E-state index < -0.39 is 11.9 Å². The number of carboxylic acid groups (broad SMARTS) is 1. The van der Waals surface area contributed by atoms with E-state index in [0.29, 0.717) is 31.7 Å². The molecule has 110 valence electrons. The Morgan fingerprint density at radius 3 is 2.76 bits per heavy atom. The third-order valence-corrected chi connectivity index (χ3v) is 3.89. The molecule has 0 unspecified atom stereocenters. The summed E-state index contributed by atoms with van der Waals surface area (Å²) in [6.07, 6.45) is 3.02. The second-order valence-corrected chi connectivity index (χ2v) is 5.49. The van der Waals surface area contributed by atoms with Gasteiger partial charge >= 0.3 is 5.97 Å². The van der Waals surface area contributed by atoms with E-state index in [0.717, 1.165) is 11.0 Å². The molecule has 0 bridgehead atoms. The molecule has 6 nitrogen and oxygen atoms in total. The molecule has 1 aromatic heterocycles. The second-order valence-electron chi connectivity index (χ2n) is 5.49. The summed E-state index contributed by atoms with van der Waals surface area (Å²) in [4.78, 5) is 22.2. The van der Waals surface area contributed by atoms with Gasteiger partial charge in [-0.1, -0.05) is 12.1 Å². The summed E-state index contributed by atoms with van der Waals surface area (Å²) in [6.45, 7) is 1.03. The highest BCUT2D eigenvalue weighted by Crippen LogP contribution is 2.22. The SMILES string of the molecule is N[C@@H]1CC[C@H](C(=O)O)CN(c2cnc3ccccc3n2)C1. The lowest BCUT2D eigenvalue weighted by molar-refractivity contribution is -0.141. The Hall–Kier alpha value is -2.21. The summed E-state index contributed by atoms with van der Waals surface area (Å²) in [5.41, 5.74) is 7.69. The standard InChI is InChI=1S/C15H18N4O2/c16-11-6-5-10(15(20)21)8-19(9-11)14-7-17-12-3-1-2-4-13(12)18-14/h1-4,7,10-11H,5-6,8-9,16H2,(H,20,21)/t10-,11+/m0/s1. The van der Waals surface area contributed by atoms with Crippen LogP contribution in [0.4, 0.5) is 5.82 Å². The summed E-state index contributed by atoms with van der Waals surface area (Å²) in [7, 11) is 0. The fraction of sp³-hybridized carbons (Fsp3) is 0.400. The lowest BCUT2D eigenvalue weighted by atomic mass is 10.0. The number of carbonyl (C=O) groups is 1. The van der Waals surface area contributed by atoms with Crippen molar-refractivity contribution in [3.8, 4) is 0 Å². The van der Waals surface area contributed by atoms with Crippen LogP contribution in [0, 0.1) is 5.92 Å². The van der Waals surface area contributed by atoms with Crippen LogP contribution in [0.5, 0.6) is 0 Å². The van der Waals surface area contributed by atoms with Gasteiger partial charge in [-0.25, -0.2) is 4.98 Å². The molecule has 1 saturated heterocycles. The highest BCUT2D eigenvalue weighted by Gasteiger charge is 2.27. The fourth-order valence-electron chi connectivity index (χ4n) is 2.71. The van der Waals surface area contributed by atoms with Gasteiger partial charge in [0.1, 0.15) is 5.82 Å². The predicted molar refractivity (Wildman–Crippen MR) is 80.1 cm³/mol. The van der Waals surface area contributed by atoms with Gasteiger partial charge in [-0.15, -0.1) is 0 Å². The number of hydrogen-bond acceptors (Lipinski definition) is 5. The zero-order chi connectivity index (χ0) is 14.8. The molecular weight excluding hydrogens is 268 g/mol. The van der Waals surface area contributed by atoms with Crippen LogP contribution in [0.1, 0.15) is 12.8 Å². The van der Waals surface area contributed by atoms with Crippen LogP contribution >= 0.6 is 0 Å². The van der Waals surface area contributed by atoms with Crippen LogP contribution in [0.3, 0.4) is 0 Å². The largest absolute Gasteiger partial charge is 0.481 e. The minimum absolute atomic E-state index is 0.0392. The van der Waals surface area contributed by atoms with E-state index in [4.69, 9.17) is 5.73 Å². The van der Waals surface area contributed by atoms with Crippen molar-refractivity contribution in [3.05, 3.63) is 30.5 Å². The van der Waals surface area contributed by atoms with Crippen LogP contribution in [-0.2, 0) is 4.79 Å². The van der Waals surface area contributed by atoms with E-state index in [2.05, 4.69) is 9.97 Å². The summed E-state index contributed by atoms with van der Waals surface area (Å²) in [5.74, 6) is -0.494. The minimum atomic E-state index is -0.775. The highest BCUT2D eigenvalue weighted by molar-refractivity contribution is 5.75. The van der Waals surface area contributed by atoms with Gasteiger partial charge in [0.2, 0.25) is 0 Å². The number of para-hydroxylation sites is 2. The normalized spacial score (nSPS) is 23.0. The Morgan fingerprint density at radius 2 is 2.00 bits per heavy atom. The zero-order valence-electron chi connectivity index (χ0n) is 11.6. The van der Waals surface area contributed by atoms with Crippen LogP contribution in [-0.4, -0.2) is 40.2 Å². The molecule has 2 heterocycles. The molecular formula is C15H18N4O2. The van der Waals surface area contributed by atoms with Crippen molar-refractivity contribution >= 4 is 22.8 Å². The lowest BCUT2D eigenvalue weighted by Crippen LogP contribution is -2.38. The Balaban J connectivity index is 1.92. The first kappa shape index (κ1) is 13.8. The first-order valence-corrected chi connectivity index (χ1v) is 7.08. The molecule has 1 aromatic carbocycles. The van der Waals surface area contributed by atoms with Crippen molar-refractivity contribution in [2.75, 3.05) is 18.0 Å². The monoisotopic (exact) mass is 286 g/mol. The first-order valence-electron chi connectivity index (χ1n) is 7.08. The zero-order valence-corrected chi connectivity index (χ0v) is 11.6. The number of carboxylic acids is 1. The second kappa shape index (κ2) is 5.65. The van der Waals surface area contributed by atoms with Crippen molar-refractivity contribution in [1.82, 2.24) is 9.97 Å². The molecule has 3 rings (SSSR count). The molecule has 1 aliphatic heterocycles. The Bertz CT molecular complexity index is 661. The van der Waals surface area contributed by atoms with Gasteiger partial charge in [-0.2, -0.15) is 0 Å². The fourth-order valence-corrected chi connectivity index (χ4v) is 2.71. The molecule has 0 spiro atoms. The maximum Gasteiger partial charge on any atom is 0.308 e. The number of fused-ring (bicyclic) bond motifs is 1. The predicted octanol–water partition coefficient (Wildman–Crippen LogP) is 1.26. The van der Waals surface area contributed by atoms with Crippen molar-refractivity contribution in [2.45, 2.75) is 18.9 Å². The van der Waals surface area contributed by atoms with Gasteiger partial charge in [0.15, 0.2) is 0 Å². The summed E-state index contributed by atoms with van der Waals surface area (Å²) < 4.78 is 0. The highest BCUT2D eigenvalue weighted by atomic mass is 16.4. The summed E-state index contributed by atoms with van der Waals surface area (Å²) in [5, 5.41) is 9.28. The van der Waals surface area contributed by atoms with E-state index in [1.165, 1.54) is 0 Å². The smallest absolute Gasteiger partial charge is 0.308 e. The van der Waals surface area contributed by atoms with Crippen LogP contribution in [0.15, 0.2) is 30.5 Å².